The minimum Gasteiger partial charge on any atom is -0.507 e. The first kappa shape index (κ1) is 20.2. The van der Waals surface area contributed by atoms with Gasteiger partial charge in [0.1, 0.15) is 5.75 Å². The van der Waals surface area contributed by atoms with Gasteiger partial charge in [-0.3, -0.25) is 0 Å². The molecule has 0 aromatic heterocycles. The molecule has 0 unspecified atom stereocenters. The number of anilines is 1. The van der Waals surface area contributed by atoms with Crippen molar-refractivity contribution in [2.75, 3.05) is 5.32 Å². The van der Waals surface area contributed by atoms with E-state index < -0.39 is 0 Å². The summed E-state index contributed by atoms with van der Waals surface area (Å²) >= 11 is 5.40. The molecule has 0 aliphatic carbocycles. The summed E-state index contributed by atoms with van der Waals surface area (Å²) in [4.78, 5) is 0. The molecular weight excluding hydrogens is 340 g/mol. The Kier molecular flexibility index (Phi) is 5.97. The first-order chi connectivity index (χ1) is 12.0. The van der Waals surface area contributed by atoms with Gasteiger partial charge in [-0.2, -0.15) is 0 Å². The summed E-state index contributed by atoms with van der Waals surface area (Å²) in [6, 6.07) is 14.0. The molecule has 2 rings (SSSR count). The standard InChI is InChI=1S/C22H30N2OS/c1-21(2,3)17-12-15(13-18(19(17)25)22(4,5)6)14-23-20(26)24-16-10-8-7-9-11-16/h7-13,25H,14H2,1-6H3,(H2,23,24,26). The van der Waals surface area contributed by atoms with Gasteiger partial charge >= 0.3 is 0 Å². The molecular formula is C22H30N2OS. The van der Waals surface area contributed by atoms with Crippen LogP contribution in [0.5, 0.6) is 5.75 Å². The molecule has 140 valence electrons. The highest BCUT2D eigenvalue weighted by Crippen LogP contribution is 2.39. The van der Waals surface area contributed by atoms with Crippen molar-refractivity contribution in [2.24, 2.45) is 0 Å². The molecule has 0 amide bonds. The van der Waals surface area contributed by atoms with Gasteiger partial charge < -0.3 is 15.7 Å². The quantitative estimate of drug-likeness (QED) is 0.627. The van der Waals surface area contributed by atoms with Gasteiger partial charge in [0.25, 0.3) is 0 Å². The largest absolute Gasteiger partial charge is 0.507 e. The number of hydrogen-bond acceptors (Lipinski definition) is 2. The number of hydrogen-bond donors (Lipinski definition) is 3. The number of benzene rings is 2. The zero-order valence-electron chi connectivity index (χ0n) is 16.6. The van der Waals surface area contributed by atoms with Crippen LogP contribution in [0.15, 0.2) is 42.5 Å². The van der Waals surface area contributed by atoms with Crippen LogP contribution in [-0.2, 0) is 17.4 Å². The Morgan fingerprint density at radius 3 is 1.88 bits per heavy atom. The Labute approximate surface area is 162 Å². The van der Waals surface area contributed by atoms with Gasteiger partial charge in [-0.25, -0.2) is 0 Å². The van der Waals surface area contributed by atoms with E-state index in [2.05, 4.69) is 64.3 Å². The van der Waals surface area contributed by atoms with E-state index in [1.54, 1.807) is 0 Å². The highest BCUT2D eigenvalue weighted by atomic mass is 32.1. The van der Waals surface area contributed by atoms with Crippen molar-refractivity contribution in [2.45, 2.75) is 58.9 Å². The molecule has 0 radical (unpaired) electrons. The number of phenolic OH excluding ortho intramolecular Hbond substituents is 1. The van der Waals surface area contributed by atoms with E-state index in [-0.39, 0.29) is 10.8 Å². The third-order valence-corrected chi connectivity index (χ3v) is 4.52. The molecule has 0 aliphatic heterocycles. The van der Waals surface area contributed by atoms with Crippen molar-refractivity contribution in [1.29, 1.82) is 0 Å². The van der Waals surface area contributed by atoms with Crippen molar-refractivity contribution in [3.05, 3.63) is 59.2 Å². The van der Waals surface area contributed by atoms with Crippen LogP contribution in [0.25, 0.3) is 0 Å². The summed E-state index contributed by atoms with van der Waals surface area (Å²) in [6.07, 6.45) is 0. The zero-order valence-corrected chi connectivity index (χ0v) is 17.4. The molecule has 0 spiro atoms. The first-order valence-corrected chi connectivity index (χ1v) is 9.36. The Balaban J connectivity index is 2.22. The monoisotopic (exact) mass is 370 g/mol. The molecule has 0 bridgehead atoms. The highest BCUT2D eigenvalue weighted by molar-refractivity contribution is 7.80. The fourth-order valence-corrected chi connectivity index (χ4v) is 3.01. The fraction of sp³-hybridized carbons (Fsp3) is 0.409. The van der Waals surface area contributed by atoms with Crippen LogP contribution in [0.2, 0.25) is 0 Å². The van der Waals surface area contributed by atoms with E-state index in [0.29, 0.717) is 17.4 Å². The Morgan fingerprint density at radius 1 is 0.923 bits per heavy atom. The maximum absolute atomic E-state index is 10.8. The average Bonchev–Trinajstić information content (AvgIpc) is 2.52. The highest BCUT2D eigenvalue weighted by Gasteiger charge is 2.26. The van der Waals surface area contributed by atoms with E-state index in [4.69, 9.17) is 12.2 Å². The second-order valence-corrected chi connectivity index (χ2v) is 9.12. The number of thiocarbonyl (C=S) groups is 1. The maximum atomic E-state index is 10.8. The van der Waals surface area contributed by atoms with Gasteiger partial charge in [0.2, 0.25) is 0 Å². The van der Waals surface area contributed by atoms with Gasteiger partial charge in [0, 0.05) is 12.2 Å². The molecule has 2 aromatic rings. The molecule has 0 fully saturated rings. The molecule has 26 heavy (non-hydrogen) atoms. The normalized spacial score (nSPS) is 11.9. The number of para-hydroxylation sites is 1. The Bertz CT molecular complexity index is 736. The van der Waals surface area contributed by atoms with E-state index in [1.807, 2.05) is 30.3 Å². The van der Waals surface area contributed by atoms with Crippen LogP contribution in [0.3, 0.4) is 0 Å². The first-order valence-electron chi connectivity index (χ1n) is 8.95. The van der Waals surface area contributed by atoms with Crippen molar-refractivity contribution < 1.29 is 5.11 Å². The Morgan fingerprint density at radius 2 is 1.42 bits per heavy atom. The molecule has 2 aromatic carbocycles. The minimum absolute atomic E-state index is 0.136. The van der Waals surface area contributed by atoms with Gasteiger partial charge in [-0.1, -0.05) is 59.7 Å². The second-order valence-electron chi connectivity index (χ2n) is 8.71. The van der Waals surface area contributed by atoms with Crippen LogP contribution < -0.4 is 10.6 Å². The van der Waals surface area contributed by atoms with Gasteiger partial charge in [-0.05, 0) is 64.0 Å². The summed E-state index contributed by atoms with van der Waals surface area (Å²) in [5.41, 5.74) is 3.72. The number of nitrogens with one attached hydrogen (secondary N) is 2. The minimum atomic E-state index is -0.136. The van der Waals surface area contributed by atoms with Crippen molar-refractivity contribution in [3.8, 4) is 5.75 Å². The van der Waals surface area contributed by atoms with Gasteiger partial charge in [0.15, 0.2) is 5.11 Å². The van der Waals surface area contributed by atoms with Crippen molar-refractivity contribution in [1.82, 2.24) is 5.32 Å². The lowest BCUT2D eigenvalue weighted by Crippen LogP contribution is -2.28. The molecule has 0 aliphatic rings. The van der Waals surface area contributed by atoms with E-state index in [1.165, 1.54) is 0 Å². The van der Waals surface area contributed by atoms with Crippen molar-refractivity contribution >= 4 is 23.0 Å². The number of rotatable bonds is 3. The van der Waals surface area contributed by atoms with Crippen LogP contribution in [0, 0.1) is 0 Å². The fourth-order valence-electron chi connectivity index (χ4n) is 2.82. The van der Waals surface area contributed by atoms with Crippen LogP contribution in [0.4, 0.5) is 5.69 Å². The molecule has 0 atom stereocenters. The molecule has 0 heterocycles. The Hall–Kier alpha value is -2.07. The average molecular weight is 371 g/mol. The predicted molar refractivity (Wildman–Crippen MR) is 115 cm³/mol. The molecule has 0 saturated heterocycles. The number of aromatic hydroxyl groups is 1. The van der Waals surface area contributed by atoms with Crippen molar-refractivity contribution in [3.63, 3.8) is 0 Å². The van der Waals surface area contributed by atoms with Gasteiger partial charge in [-0.15, -0.1) is 0 Å². The third-order valence-electron chi connectivity index (χ3n) is 4.27. The summed E-state index contributed by atoms with van der Waals surface area (Å²) < 4.78 is 0. The predicted octanol–water partition coefficient (Wildman–Crippen LogP) is 5.47. The molecule has 4 heteroatoms. The molecule has 0 saturated carbocycles. The van der Waals surface area contributed by atoms with Crippen LogP contribution >= 0.6 is 12.2 Å². The van der Waals surface area contributed by atoms with Crippen LogP contribution in [0.1, 0.15) is 58.2 Å². The van der Waals surface area contributed by atoms with E-state index in [9.17, 15) is 5.11 Å². The lowest BCUT2D eigenvalue weighted by molar-refractivity contribution is 0.422. The van der Waals surface area contributed by atoms with Crippen LogP contribution in [-0.4, -0.2) is 10.2 Å². The maximum Gasteiger partial charge on any atom is 0.171 e. The summed E-state index contributed by atoms with van der Waals surface area (Å²) in [5, 5.41) is 17.8. The smallest absolute Gasteiger partial charge is 0.171 e. The number of phenols is 1. The molecule has 3 N–H and O–H groups in total. The summed E-state index contributed by atoms with van der Waals surface area (Å²) in [5.74, 6) is 0.402. The summed E-state index contributed by atoms with van der Waals surface area (Å²) in [7, 11) is 0. The summed E-state index contributed by atoms with van der Waals surface area (Å²) in [6.45, 7) is 13.3. The van der Waals surface area contributed by atoms with E-state index >= 15 is 0 Å². The second kappa shape index (κ2) is 7.67. The lowest BCUT2D eigenvalue weighted by Gasteiger charge is -2.28. The zero-order chi connectivity index (χ0) is 19.5. The molecule has 3 nitrogen and oxygen atoms in total. The topological polar surface area (TPSA) is 44.3 Å². The SMILES string of the molecule is CC(C)(C)c1cc(CNC(=S)Nc2ccccc2)cc(C(C)(C)C)c1O. The van der Waals surface area contributed by atoms with Gasteiger partial charge in [0.05, 0.1) is 0 Å². The lowest BCUT2D eigenvalue weighted by atomic mass is 9.78. The van der Waals surface area contributed by atoms with E-state index in [0.717, 1.165) is 22.4 Å². The third kappa shape index (κ3) is 5.21.